The fourth-order valence-corrected chi connectivity index (χ4v) is 1.22. The fraction of sp³-hybridized carbons (Fsp3) is 0.800. The molecule has 5 N–H and O–H groups in total. The van der Waals surface area contributed by atoms with Crippen LogP contribution in [0.15, 0.2) is 0 Å². The highest BCUT2D eigenvalue weighted by Gasteiger charge is 2.24. The minimum absolute atomic E-state index is 0.0276. The number of aliphatic hydroxyl groups excluding tert-OH is 1. The topological polar surface area (TPSA) is 113 Å². The number of amides is 1. The zero-order valence-electron chi connectivity index (χ0n) is 9.64. The van der Waals surface area contributed by atoms with Gasteiger partial charge in [0, 0.05) is 12.5 Å². The van der Waals surface area contributed by atoms with Gasteiger partial charge in [0.2, 0.25) is 5.91 Å². The number of hydrogen-bond acceptors (Lipinski definition) is 4. The third-order valence-corrected chi connectivity index (χ3v) is 2.13. The Bertz CT molecular complexity index is 241. The molecule has 0 spiro atoms. The molecule has 3 atom stereocenters. The number of nitrogens with one attached hydrogen (secondary N) is 1. The average Bonchev–Trinajstić information content (AvgIpc) is 2.12. The Morgan fingerprint density at radius 2 is 1.94 bits per heavy atom. The van der Waals surface area contributed by atoms with Crippen molar-refractivity contribution in [1.82, 2.24) is 5.32 Å². The summed E-state index contributed by atoms with van der Waals surface area (Å²) < 4.78 is 0. The average molecular weight is 232 g/mol. The summed E-state index contributed by atoms with van der Waals surface area (Å²) in [5.74, 6) is -1.62. The number of rotatable bonds is 7. The number of carbonyl (C=O) groups is 2. The van der Waals surface area contributed by atoms with Crippen molar-refractivity contribution in [2.24, 2.45) is 5.73 Å². The Kier molecular flexibility index (Phi) is 6.67. The molecule has 0 radical (unpaired) electrons. The Morgan fingerprint density at radius 3 is 2.31 bits per heavy atom. The molecule has 1 amide bonds. The van der Waals surface area contributed by atoms with Crippen molar-refractivity contribution in [2.45, 2.75) is 51.3 Å². The molecule has 94 valence electrons. The van der Waals surface area contributed by atoms with Crippen molar-refractivity contribution in [3.05, 3.63) is 0 Å². The van der Waals surface area contributed by atoms with Gasteiger partial charge in [0.15, 0.2) is 6.04 Å². The molecule has 0 aromatic carbocycles. The van der Waals surface area contributed by atoms with Gasteiger partial charge in [-0.25, -0.2) is 4.79 Å². The Balaban J connectivity index is 3.97. The largest absolute Gasteiger partial charge is 0.480 e. The first-order valence-electron chi connectivity index (χ1n) is 5.30. The summed E-state index contributed by atoms with van der Waals surface area (Å²) in [6.45, 7) is 3.16. The third kappa shape index (κ3) is 6.36. The molecule has 0 fully saturated rings. The molecule has 0 saturated carbocycles. The Labute approximate surface area is 94.8 Å². The quantitative estimate of drug-likeness (QED) is 0.470. The summed E-state index contributed by atoms with van der Waals surface area (Å²) in [6.07, 6.45) is 0.419. The van der Waals surface area contributed by atoms with Crippen LogP contribution in [0.3, 0.4) is 0 Å². The molecule has 0 aliphatic heterocycles. The third-order valence-electron chi connectivity index (χ3n) is 2.13. The van der Waals surface area contributed by atoms with Crippen LogP contribution in [-0.4, -0.2) is 40.3 Å². The monoisotopic (exact) mass is 232 g/mol. The summed E-state index contributed by atoms with van der Waals surface area (Å²) in [5, 5.41) is 20.1. The normalized spacial score (nSPS) is 16.2. The Hall–Kier alpha value is -1.14. The second-order valence-corrected chi connectivity index (χ2v) is 3.99. The van der Waals surface area contributed by atoms with E-state index in [0.29, 0.717) is 12.8 Å². The first-order valence-corrected chi connectivity index (χ1v) is 5.30. The van der Waals surface area contributed by atoms with Gasteiger partial charge in [-0.05, 0) is 26.7 Å². The summed E-state index contributed by atoms with van der Waals surface area (Å²) in [7, 11) is 0. The highest BCUT2D eigenvalue weighted by atomic mass is 16.4. The van der Waals surface area contributed by atoms with Crippen LogP contribution in [0.2, 0.25) is 0 Å². The Morgan fingerprint density at radius 1 is 1.38 bits per heavy atom. The minimum Gasteiger partial charge on any atom is -0.480 e. The van der Waals surface area contributed by atoms with Gasteiger partial charge in [0.05, 0.1) is 6.10 Å². The second-order valence-electron chi connectivity index (χ2n) is 3.99. The molecular formula is C10H20N2O4. The SMILES string of the molecule is CC(N)CCCC(=O)NC(C(=O)O)C(C)O. The van der Waals surface area contributed by atoms with Crippen molar-refractivity contribution in [3.8, 4) is 0 Å². The maximum absolute atomic E-state index is 11.3. The van der Waals surface area contributed by atoms with Crippen LogP contribution in [0, 0.1) is 0 Å². The summed E-state index contributed by atoms with van der Waals surface area (Å²) >= 11 is 0. The zero-order chi connectivity index (χ0) is 12.7. The molecule has 0 aliphatic rings. The van der Waals surface area contributed by atoms with E-state index in [0.717, 1.165) is 0 Å². The van der Waals surface area contributed by atoms with Gasteiger partial charge in [-0.3, -0.25) is 4.79 Å². The molecule has 16 heavy (non-hydrogen) atoms. The summed E-state index contributed by atoms with van der Waals surface area (Å²) in [5.41, 5.74) is 5.51. The molecule has 6 nitrogen and oxygen atoms in total. The molecule has 0 rings (SSSR count). The highest BCUT2D eigenvalue weighted by Crippen LogP contribution is 2.00. The number of carboxylic acid groups (broad SMARTS) is 1. The van der Waals surface area contributed by atoms with Gasteiger partial charge >= 0.3 is 5.97 Å². The first-order chi connectivity index (χ1) is 7.34. The smallest absolute Gasteiger partial charge is 0.328 e. The van der Waals surface area contributed by atoms with Crippen molar-refractivity contribution < 1.29 is 19.8 Å². The number of aliphatic carboxylic acids is 1. The predicted molar refractivity (Wildman–Crippen MR) is 58.7 cm³/mol. The van der Waals surface area contributed by atoms with Crippen molar-refractivity contribution in [1.29, 1.82) is 0 Å². The van der Waals surface area contributed by atoms with Crippen LogP contribution in [0.1, 0.15) is 33.1 Å². The number of aliphatic hydroxyl groups is 1. The van der Waals surface area contributed by atoms with E-state index in [1.54, 1.807) is 0 Å². The van der Waals surface area contributed by atoms with E-state index in [9.17, 15) is 9.59 Å². The number of nitrogens with two attached hydrogens (primary N) is 1. The lowest BCUT2D eigenvalue weighted by Gasteiger charge is -2.17. The van der Waals surface area contributed by atoms with Gasteiger partial charge < -0.3 is 21.3 Å². The molecule has 0 saturated heterocycles. The molecule has 0 aliphatic carbocycles. The number of carbonyl (C=O) groups excluding carboxylic acids is 1. The number of hydrogen-bond donors (Lipinski definition) is 4. The fourth-order valence-electron chi connectivity index (χ4n) is 1.22. The van der Waals surface area contributed by atoms with Crippen LogP contribution in [0.4, 0.5) is 0 Å². The van der Waals surface area contributed by atoms with Crippen LogP contribution >= 0.6 is 0 Å². The van der Waals surface area contributed by atoms with E-state index in [1.807, 2.05) is 6.92 Å². The van der Waals surface area contributed by atoms with Gasteiger partial charge in [0.1, 0.15) is 0 Å². The van der Waals surface area contributed by atoms with E-state index in [2.05, 4.69) is 5.32 Å². The van der Waals surface area contributed by atoms with Crippen LogP contribution in [0.25, 0.3) is 0 Å². The lowest BCUT2D eigenvalue weighted by atomic mass is 10.1. The van der Waals surface area contributed by atoms with Crippen molar-refractivity contribution in [3.63, 3.8) is 0 Å². The minimum atomic E-state index is -1.25. The predicted octanol–water partition coefficient (Wildman–Crippen LogP) is -0.546. The molecule has 0 bridgehead atoms. The number of carboxylic acids is 1. The second kappa shape index (κ2) is 7.19. The van der Waals surface area contributed by atoms with Crippen molar-refractivity contribution in [2.75, 3.05) is 0 Å². The molecule has 0 aromatic heterocycles. The van der Waals surface area contributed by atoms with Crippen molar-refractivity contribution >= 4 is 11.9 Å². The maximum atomic E-state index is 11.3. The first kappa shape index (κ1) is 14.9. The highest BCUT2D eigenvalue weighted by molar-refractivity contribution is 5.83. The molecule has 0 heterocycles. The standard InChI is InChI=1S/C10H20N2O4/c1-6(11)4-3-5-8(14)12-9(7(2)13)10(15)16/h6-7,9,13H,3-5,11H2,1-2H3,(H,12,14)(H,15,16). The summed E-state index contributed by atoms with van der Waals surface area (Å²) in [4.78, 5) is 22.0. The van der Waals surface area contributed by atoms with E-state index >= 15 is 0 Å². The lowest BCUT2D eigenvalue weighted by Crippen LogP contribution is -2.47. The van der Waals surface area contributed by atoms with Gasteiger partial charge in [-0.2, -0.15) is 0 Å². The van der Waals surface area contributed by atoms with E-state index < -0.39 is 18.1 Å². The van der Waals surface area contributed by atoms with E-state index in [4.69, 9.17) is 15.9 Å². The summed E-state index contributed by atoms with van der Waals surface area (Å²) in [6, 6.07) is -1.22. The molecule has 6 heteroatoms. The molecule has 0 aromatic rings. The van der Waals surface area contributed by atoms with Gasteiger partial charge in [-0.15, -0.1) is 0 Å². The van der Waals surface area contributed by atoms with Gasteiger partial charge in [0.25, 0.3) is 0 Å². The molecule has 3 unspecified atom stereocenters. The molecular weight excluding hydrogens is 212 g/mol. The maximum Gasteiger partial charge on any atom is 0.328 e. The van der Waals surface area contributed by atoms with E-state index in [1.165, 1.54) is 6.92 Å². The van der Waals surface area contributed by atoms with Crippen LogP contribution < -0.4 is 11.1 Å². The van der Waals surface area contributed by atoms with Gasteiger partial charge in [-0.1, -0.05) is 0 Å². The van der Waals surface area contributed by atoms with E-state index in [-0.39, 0.29) is 18.4 Å². The van der Waals surface area contributed by atoms with Crippen LogP contribution in [0.5, 0.6) is 0 Å². The zero-order valence-corrected chi connectivity index (χ0v) is 9.64. The van der Waals surface area contributed by atoms with Crippen LogP contribution in [-0.2, 0) is 9.59 Å². The lowest BCUT2D eigenvalue weighted by molar-refractivity contribution is -0.144.